The van der Waals surface area contributed by atoms with Crippen LogP contribution in [0.3, 0.4) is 0 Å². The number of amides is 5. The van der Waals surface area contributed by atoms with Crippen LogP contribution in [0.2, 0.25) is 0 Å². The predicted molar refractivity (Wildman–Crippen MR) is 170 cm³/mol. The van der Waals surface area contributed by atoms with Crippen LogP contribution >= 0.6 is 21.6 Å². The van der Waals surface area contributed by atoms with Crippen LogP contribution in [0.15, 0.2) is 35.3 Å². The minimum absolute atomic E-state index is 0.0571. The molecule has 0 bridgehead atoms. The molecule has 0 radical (unpaired) electrons. The van der Waals surface area contributed by atoms with Crippen molar-refractivity contribution in [1.29, 1.82) is 0 Å². The van der Waals surface area contributed by atoms with E-state index in [1.807, 2.05) is 0 Å². The van der Waals surface area contributed by atoms with Crippen molar-refractivity contribution in [2.24, 2.45) is 16.5 Å². The Labute approximate surface area is 272 Å². The van der Waals surface area contributed by atoms with Crippen molar-refractivity contribution in [1.82, 2.24) is 26.2 Å². The summed E-state index contributed by atoms with van der Waals surface area (Å²) in [5.74, 6) is -7.07. The van der Waals surface area contributed by atoms with Gasteiger partial charge < -0.3 is 47.8 Å². The highest BCUT2D eigenvalue weighted by Gasteiger charge is 2.37. The minimum Gasteiger partial charge on any atom is -0.481 e. The van der Waals surface area contributed by atoms with Gasteiger partial charge in [0.2, 0.25) is 29.5 Å². The Hall–Kier alpha value is -4.52. The highest BCUT2D eigenvalue weighted by atomic mass is 33.1. The Kier molecular flexibility index (Phi) is 15.1. The van der Waals surface area contributed by atoms with E-state index >= 15 is 0 Å². The van der Waals surface area contributed by atoms with Gasteiger partial charge >= 0.3 is 11.9 Å². The number of carbonyl (C=O) groups excluding carboxylic acids is 5. The number of carbonyl (C=O) groups is 7. The molecule has 5 amide bonds. The van der Waals surface area contributed by atoms with Gasteiger partial charge in [0.25, 0.3) is 0 Å². The zero-order valence-electron chi connectivity index (χ0n) is 25.1. The summed E-state index contributed by atoms with van der Waals surface area (Å²) >= 11 is 0. The van der Waals surface area contributed by atoms with E-state index in [0.717, 1.165) is 26.5 Å². The fourth-order valence-electron chi connectivity index (χ4n) is 4.38. The molecule has 1 aliphatic rings. The number of carboxylic acid groups (broad SMARTS) is 2. The van der Waals surface area contributed by atoms with Crippen molar-refractivity contribution >= 4 is 69.0 Å². The minimum atomic E-state index is -1.68. The lowest BCUT2D eigenvalue weighted by atomic mass is 10.0. The van der Waals surface area contributed by atoms with Gasteiger partial charge in [0.1, 0.15) is 24.2 Å². The number of aliphatic carboxylic acids is 2. The maximum absolute atomic E-state index is 13.7. The van der Waals surface area contributed by atoms with Gasteiger partial charge in [-0.3, -0.25) is 33.8 Å². The number of aliphatic imine (C=N–C) groups is 1. The SMILES string of the molecule is CC(=O)N[C@H]1CSS[C@@H](c2ccccc2)[C@@H](C(=O)O)NC(=O)[C@H](CC(=O)O)NC(=O)CNC(=O)[C@H](CCCN=C(N)N)N(C)C1=O. The number of hydrogen-bond acceptors (Lipinski definition) is 10. The first kappa shape index (κ1) is 37.7. The van der Waals surface area contributed by atoms with E-state index in [1.165, 1.54) is 14.0 Å². The van der Waals surface area contributed by atoms with Gasteiger partial charge in [-0.25, -0.2) is 4.79 Å². The Morgan fingerprint density at radius 1 is 1.07 bits per heavy atom. The fraction of sp³-hybridized carbons (Fsp3) is 0.481. The third-order valence-corrected chi connectivity index (χ3v) is 9.37. The number of nitrogens with one attached hydrogen (secondary N) is 4. The molecule has 19 heteroatoms. The number of benzene rings is 1. The van der Waals surface area contributed by atoms with Crippen molar-refractivity contribution in [3.8, 4) is 0 Å². The van der Waals surface area contributed by atoms with E-state index in [9.17, 15) is 43.8 Å². The molecular formula is C27H38N8O9S2. The van der Waals surface area contributed by atoms with Crippen molar-refractivity contribution in [2.45, 2.75) is 55.6 Å². The Balaban J connectivity index is 2.55. The van der Waals surface area contributed by atoms with Crippen LogP contribution in [0.4, 0.5) is 0 Å². The third-order valence-electron chi connectivity index (χ3n) is 6.58. The lowest BCUT2D eigenvalue weighted by Crippen LogP contribution is -2.56. The summed E-state index contributed by atoms with van der Waals surface area (Å²) < 4.78 is 0. The van der Waals surface area contributed by atoms with E-state index in [0.29, 0.717) is 5.56 Å². The molecule has 10 N–H and O–H groups in total. The average Bonchev–Trinajstić information content (AvgIpc) is 2.98. The van der Waals surface area contributed by atoms with Gasteiger partial charge in [0.15, 0.2) is 5.96 Å². The number of guanidine groups is 1. The van der Waals surface area contributed by atoms with Crippen molar-refractivity contribution < 1.29 is 43.8 Å². The standard InChI is InChI=1S/C27H38N8O9S2/c1-14(36)32-17-13-45-46-22(15-7-4-3-5-8-15)21(26(43)44)34-23(40)16(11-20(38)39)33-19(37)12-31-24(41)18(35(2)25(17)42)9-6-10-30-27(28)29/h3-5,7-8,16-18,21-22H,6,9-13H2,1-2H3,(H,31,41)(H,32,36)(H,33,37)(H,34,40)(H,38,39)(H,43,44)(H4,28,29,30)/t16-,17-,18-,21-,22-/m0/s1. The molecule has 0 saturated carbocycles. The summed E-state index contributed by atoms with van der Waals surface area (Å²) in [6.07, 6.45) is -0.564. The molecule has 0 aromatic heterocycles. The molecule has 1 heterocycles. The highest BCUT2D eigenvalue weighted by molar-refractivity contribution is 8.76. The van der Waals surface area contributed by atoms with Crippen LogP contribution in [-0.2, 0) is 33.6 Å². The average molecular weight is 683 g/mol. The first-order valence-corrected chi connectivity index (χ1v) is 16.3. The molecule has 0 unspecified atom stereocenters. The molecule has 17 nitrogen and oxygen atoms in total. The lowest BCUT2D eigenvalue weighted by Gasteiger charge is -2.31. The maximum Gasteiger partial charge on any atom is 0.327 e. The summed E-state index contributed by atoms with van der Waals surface area (Å²) in [5.41, 5.74) is 11.2. The van der Waals surface area contributed by atoms with Gasteiger partial charge in [-0.2, -0.15) is 0 Å². The van der Waals surface area contributed by atoms with Crippen molar-refractivity contribution in [3.63, 3.8) is 0 Å². The van der Waals surface area contributed by atoms with E-state index in [-0.39, 0.29) is 31.1 Å². The molecule has 2 rings (SSSR count). The Morgan fingerprint density at radius 3 is 2.33 bits per heavy atom. The first-order valence-electron chi connectivity index (χ1n) is 14.0. The van der Waals surface area contributed by atoms with Crippen LogP contribution in [-0.4, -0.2) is 113 Å². The van der Waals surface area contributed by atoms with Crippen molar-refractivity contribution in [2.75, 3.05) is 25.9 Å². The molecule has 1 aliphatic heterocycles. The summed E-state index contributed by atoms with van der Waals surface area (Å²) in [7, 11) is 3.40. The van der Waals surface area contributed by atoms with Crippen LogP contribution in [0.1, 0.15) is 37.0 Å². The van der Waals surface area contributed by atoms with Gasteiger partial charge in [0.05, 0.1) is 18.2 Å². The molecule has 5 atom stereocenters. The van der Waals surface area contributed by atoms with E-state index in [1.54, 1.807) is 30.3 Å². The van der Waals surface area contributed by atoms with Crippen LogP contribution < -0.4 is 32.7 Å². The van der Waals surface area contributed by atoms with Gasteiger partial charge in [-0.05, 0) is 18.4 Å². The largest absolute Gasteiger partial charge is 0.481 e. The normalized spacial score (nSPS) is 23.6. The zero-order valence-corrected chi connectivity index (χ0v) is 26.8. The number of nitrogens with zero attached hydrogens (tertiary/aromatic N) is 2. The van der Waals surface area contributed by atoms with Crippen LogP contribution in [0, 0.1) is 0 Å². The molecule has 1 aromatic rings. The summed E-state index contributed by atoms with van der Waals surface area (Å²) in [5, 5.41) is 28.0. The van der Waals surface area contributed by atoms with Gasteiger partial charge in [0, 0.05) is 26.3 Å². The number of carboxylic acids is 2. The molecule has 0 spiro atoms. The number of likely N-dealkylation sites (N-methyl/N-ethyl adjacent to an activating group) is 1. The molecule has 46 heavy (non-hydrogen) atoms. The number of nitrogens with two attached hydrogens (primary N) is 2. The van der Waals surface area contributed by atoms with Crippen LogP contribution in [0.25, 0.3) is 0 Å². The molecular weight excluding hydrogens is 644 g/mol. The van der Waals surface area contributed by atoms with Crippen LogP contribution in [0.5, 0.6) is 0 Å². The highest BCUT2D eigenvalue weighted by Crippen LogP contribution is 2.41. The van der Waals surface area contributed by atoms with Gasteiger partial charge in [-0.1, -0.05) is 51.9 Å². The topological polar surface area (TPSA) is 276 Å². The molecule has 252 valence electrons. The van der Waals surface area contributed by atoms with Gasteiger partial charge in [-0.15, -0.1) is 0 Å². The Bertz CT molecular complexity index is 1310. The molecule has 1 aromatic carbocycles. The smallest absolute Gasteiger partial charge is 0.327 e. The molecule has 1 fully saturated rings. The summed E-state index contributed by atoms with van der Waals surface area (Å²) in [6, 6.07) is 2.70. The van der Waals surface area contributed by atoms with Crippen molar-refractivity contribution in [3.05, 3.63) is 35.9 Å². The summed E-state index contributed by atoms with van der Waals surface area (Å²) in [4.78, 5) is 94.0. The quantitative estimate of drug-likeness (QED) is 0.0616. The second-order valence-corrected chi connectivity index (χ2v) is 12.7. The monoisotopic (exact) mass is 682 g/mol. The fourth-order valence-corrected chi connectivity index (χ4v) is 7.28. The number of hydrogen-bond donors (Lipinski definition) is 8. The Morgan fingerprint density at radius 2 is 1.74 bits per heavy atom. The second kappa shape index (κ2) is 18.4. The summed E-state index contributed by atoms with van der Waals surface area (Å²) in [6.45, 7) is 0.639. The predicted octanol–water partition coefficient (Wildman–Crippen LogP) is -1.85. The third kappa shape index (κ3) is 12.1. The lowest BCUT2D eigenvalue weighted by molar-refractivity contribution is -0.143. The van der Waals surface area contributed by atoms with E-state index < -0.39 is 83.9 Å². The molecule has 1 saturated heterocycles. The van der Waals surface area contributed by atoms with E-state index in [2.05, 4.69) is 26.3 Å². The maximum atomic E-state index is 13.7. The second-order valence-electron chi connectivity index (χ2n) is 10.1. The first-order chi connectivity index (χ1) is 21.7. The zero-order chi connectivity index (χ0) is 34.4. The van der Waals surface area contributed by atoms with E-state index in [4.69, 9.17) is 11.5 Å². The number of rotatable bonds is 9. The molecule has 0 aliphatic carbocycles.